The van der Waals surface area contributed by atoms with Crippen LogP contribution in [0.15, 0.2) is 30.5 Å². The summed E-state index contributed by atoms with van der Waals surface area (Å²) in [5, 5.41) is 12.1. The number of hydrogen-bond donors (Lipinski definition) is 1. The molecule has 0 aliphatic rings. The van der Waals surface area contributed by atoms with E-state index in [9.17, 15) is 4.79 Å². The SMILES string of the molecule is Cc1cnc(NC(=O)COc2ccccc2C#N)s1. The Morgan fingerprint density at radius 3 is 3.00 bits per heavy atom. The second-order valence-electron chi connectivity index (χ2n) is 3.72. The van der Waals surface area contributed by atoms with Gasteiger partial charge < -0.3 is 4.74 Å². The van der Waals surface area contributed by atoms with Crippen LogP contribution in [0.3, 0.4) is 0 Å². The monoisotopic (exact) mass is 273 g/mol. The van der Waals surface area contributed by atoms with Crippen molar-refractivity contribution in [2.45, 2.75) is 6.92 Å². The number of nitriles is 1. The van der Waals surface area contributed by atoms with Crippen molar-refractivity contribution in [3.8, 4) is 11.8 Å². The molecule has 1 amide bonds. The summed E-state index contributed by atoms with van der Waals surface area (Å²) >= 11 is 1.39. The van der Waals surface area contributed by atoms with Gasteiger partial charge in [0.2, 0.25) is 0 Å². The predicted octanol–water partition coefficient (Wildman–Crippen LogP) is 2.34. The molecule has 0 fully saturated rings. The number of hydrogen-bond acceptors (Lipinski definition) is 5. The molecule has 0 aliphatic carbocycles. The zero-order valence-corrected chi connectivity index (χ0v) is 11.0. The number of ether oxygens (including phenoxy) is 1. The molecular formula is C13H11N3O2S. The van der Waals surface area contributed by atoms with Crippen LogP contribution in [0.1, 0.15) is 10.4 Å². The molecule has 1 aromatic carbocycles. The Hall–Kier alpha value is -2.39. The topological polar surface area (TPSA) is 75.0 Å². The number of carbonyl (C=O) groups excluding carboxylic acids is 1. The van der Waals surface area contributed by atoms with Crippen LogP contribution in [0, 0.1) is 18.3 Å². The molecule has 0 atom stereocenters. The summed E-state index contributed by atoms with van der Waals surface area (Å²) in [6, 6.07) is 8.78. The maximum Gasteiger partial charge on any atom is 0.264 e. The summed E-state index contributed by atoms with van der Waals surface area (Å²) in [6.45, 7) is 1.75. The second-order valence-corrected chi connectivity index (χ2v) is 4.96. The first-order valence-corrected chi connectivity index (χ1v) is 6.35. The lowest BCUT2D eigenvalue weighted by Gasteiger charge is -2.06. The summed E-state index contributed by atoms with van der Waals surface area (Å²) in [6.07, 6.45) is 1.69. The minimum absolute atomic E-state index is 0.155. The van der Waals surface area contributed by atoms with Gasteiger partial charge in [0.05, 0.1) is 5.56 Å². The van der Waals surface area contributed by atoms with Crippen molar-refractivity contribution in [3.63, 3.8) is 0 Å². The van der Waals surface area contributed by atoms with Crippen LogP contribution >= 0.6 is 11.3 Å². The molecule has 0 radical (unpaired) electrons. The third-order valence-corrected chi connectivity index (χ3v) is 3.06. The van der Waals surface area contributed by atoms with Gasteiger partial charge in [0, 0.05) is 11.1 Å². The molecule has 2 aromatic rings. The quantitative estimate of drug-likeness (QED) is 0.927. The van der Waals surface area contributed by atoms with Crippen LogP contribution in [0.4, 0.5) is 5.13 Å². The zero-order chi connectivity index (χ0) is 13.7. The van der Waals surface area contributed by atoms with Crippen LogP contribution in [0.5, 0.6) is 5.75 Å². The summed E-state index contributed by atoms with van der Waals surface area (Å²) in [5.41, 5.74) is 0.403. The molecule has 0 saturated heterocycles. The van der Waals surface area contributed by atoms with Gasteiger partial charge in [-0.1, -0.05) is 12.1 Å². The van der Waals surface area contributed by atoms with E-state index in [1.165, 1.54) is 11.3 Å². The Bertz CT molecular complexity index is 631. The van der Waals surface area contributed by atoms with E-state index in [0.717, 1.165) is 4.88 Å². The molecule has 0 saturated carbocycles. The number of aryl methyl sites for hydroxylation is 1. The third-order valence-electron chi connectivity index (χ3n) is 2.23. The summed E-state index contributed by atoms with van der Waals surface area (Å²) in [4.78, 5) is 16.7. The summed E-state index contributed by atoms with van der Waals surface area (Å²) in [5.74, 6) is 0.0950. The van der Waals surface area contributed by atoms with Gasteiger partial charge in [-0.15, -0.1) is 11.3 Å². The maximum absolute atomic E-state index is 11.6. The maximum atomic E-state index is 11.6. The Balaban J connectivity index is 1.92. The molecule has 1 heterocycles. The molecule has 5 nitrogen and oxygen atoms in total. The number of para-hydroxylation sites is 1. The van der Waals surface area contributed by atoms with Crippen LogP contribution in [0.25, 0.3) is 0 Å². The highest BCUT2D eigenvalue weighted by Gasteiger charge is 2.08. The zero-order valence-electron chi connectivity index (χ0n) is 10.2. The fourth-order valence-electron chi connectivity index (χ4n) is 1.40. The molecule has 96 valence electrons. The average molecular weight is 273 g/mol. The highest BCUT2D eigenvalue weighted by Crippen LogP contribution is 2.18. The largest absolute Gasteiger partial charge is 0.482 e. The predicted molar refractivity (Wildman–Crippen MR) is 72.1 cm³/mol. The third kappa shape index (κ3) is 3.53. The molecule has 0 aliphatic heterocycles. The Kier molecular flexibility index (Phi) is 4.11. The fraction of sp³-hybridized carbons (Fsp3) is 0.154. The van der Waals surface area contributed by atoms with Crippen molar-refractivity contribution >= 4 is 22.4 Å². The van der Waals surface area contributed by atoms with Gasteiger partial charge in [0.15, 0.2) is 11.7 Å². The van der Waals surface area contributed by atoms with Crippen LogP contribution in [0.2, 0.25) is 0 Å². The van der Waals surface area contributed by atoms with Gasteiger partial charge in [-0.2, -0.15) is 5.26 Å². The Morgan fingerprint density at radius 1 is 1.53 bits per heavy atom. The Morgan fingerprint density at radius 2 is 2.32 bits per heavy atom. The molecule has 1 aromatic heterocycles. The Labute approximate surface area is 114 Å². The molecule has 6 heteroatoms. The highest BCUT2D eigenvalue weighted by atomic mass is 32.1. The molecule has 0 spiro atoms. The average Bonchev–Trinajstić information content (AvgIpc) is 2.82. The number of rotatable bonds is 4. The number of nitrogens with one attached hydrogen (secondary N) is 1. The van der Waals surface area contributed by atoms with Crippen LogP contribution in [-0.4, -0.2) is 17.5 Å². The highest BCUT2D eigenvalue weighted by molar-refractivity contribution is 7.15. The van der Waals surface area contributed by atoms with Gasteiger partial charge in [0.25, 0.3) is 5.91 Å². The van der Waals surface area contributed by atoms with E-state index in [0.29, 0.717) is 16.4 Å². The first-order chi connectivity index (χ1) is 9.19. The number of nitrogens with zero attached hydrogens (tertiary/aromatic N) is 2. The van der Waals surface area contributed by atoms with Gasteiger partial charge in [-0.25, -0.2) is 4.98 Å². The van der Waals surface area contributed by atoms with Crippen molar-refractivity contribution in [2.24, 2.45) is 0 Å². The number of amides is 1. The van der Waals surface area contributed by atoms with Crippen molar-refractivity contribution < 1.29 is 9.53 Å². The van der Waals surface area contributed by atoms with E-state index in [4.69, 9.17) is 10.00 Å². The minimum atomic E-state index is -0.304. The van der Waals surface area contributed by atoms with E-state index >= 15 is 0 Å². The standard InChI is InChI=1S/C13H11N3O2S/c1-9-7-15-13(19-9)16-12(17)8-18-11-5-3-2-4-10(11)6-14/h2-5,7H,8H2,1H3,(H,15,16,17). The van der Waals surface area contributed by atoms with E-state index in [-0.39, 0.29) is 12.5 Å². The van der Waals surface area contributed by atoms with Crippen molar-refractivity contribution in [3.05, 3.63) is 40.9 Å². The number of thiazole rings is 1. The lowest BCUT2D eigenvalue weighted by Crippen LogP contribution is -2.20. The lowest BCUT2D eigenvalue weighted by atomic mass is 10.2. The van der Waals surface area contributed by atoms with Crippen molar-refractivity contribution in [1.82, 2.24) is 4.98 Å². The molecule has 1 N–H and O–H groups in total. The van der Waals surface area contributed by atoms with E-state index < -0.39 is 0 Å². The number of benzene rings is 1. The van der Waals surface area contributed by atoms with Crippen molar-refractivity contribution in [1.29, 1.82) is 5.26 Å². The number of anilines is 1. The molecule has 0 bridgehead atoms. The summed E-state index contributed by atoms with van der Waals surface area (Å²) in [7, 11) is 0. The fourth-order valence-corrected chi connectivity index (χ4v) is 2.08. The minimum Gasteiger partial charge on any atom is -0.482 e. The molecule has 2 rings (SSSR count). The van der Waals surface area contributed by atoms with Gasteiger partial charge in [0.1, 0.15) is 11.8 Å². The first kappa shape index (κ1) is 13.1. The van der Waals surface area contributed by atoms with Gasteiger partial charge in [-0.3, -0.25) is 10.1 Å². The van der Waals surface area contributed by atoms with E-state index in [1.807, 2.05) is 13.0 Å². The second kappa shape index (κ2) is 5.98. The lowest BCUT2D eigenvalue weighted by molar-refractivity contribution is -0.118. The van der Waals surface area contributed by atoms with E-state index in [2.05, 4.69) is 10.3 Å². The normalized spacial score (nSPS) is 9.68. The molecule has 19 heavy (non-hydrogen) atoms. The van der Waals surface area contributed by atoms with Crippen molar-refractivity contribution in [2.75, 3.05) is 11.9 Å². The van der Waals surface area contributed by atoms with E-state index in [1.54, 1.807) is 30.5 Å². The van der Waals surface area contributed by atoms with Crippen LogP contribution in [-0.2, 0) is 4.79 Å². The number of aromatic nitrogens is 1. The van der Waals surface area contributed by atoms with Crippen LogP contribution < -0.4 is 10.1 Å². The van der Waals surface area contributed by atoms with Gasteiger partial charge >= 0.3 is 0 Å². The molecular weight excluding hydrogens is 262 g/mol. The summed E-state index contributed by atoms with van der Waals surface area (Å²) < 4.78 is 5.31. The first-order valence-electron chi connectivity index (χ1n) is 5.53. The smallest absolute Gasteiger partial charge is 0.264 e. The van der Waals surface area contributed by atoms with Gasteiger partial charge in [-0.05, 0) is 19.1 Å². The molecule has 0 unspecified atom stereocenters. The number of carbonyl (C=O) groups is 1.